The first-order valence-corrected chi connectivity index (χ1v) is 24.1. The van der Waals surface area contributed by atoms with E-state index in [9.17, 15) is 29.3 Å². The van der Waals surface area contributed by atoms with Gasteiger partial charge in [-0.2, -0.15) is 0 Å². The van der Waals surface area contributed by atoms with E-state index in [4.69, 9.17) is 35.9 Å². The van der Waals surface area contributed by atoms with E-state index < -0.39 is 89.0 Å². The van der Waals surface area contributed by atoms with Gasteiger partial charge in [0.1, 0.15) is 17.6 Å². The summed E-state index contributed by atoms with van der Waals surface area (Å²) in [6, 6.07) is 5.35. The molecule has 0 saturated carbocycles. The van der Waals surface area contributed by atoms with Gasteiger partial charge < -0.3 is 49.6 Å². The van der Waals surface area contributed by atoms with Crippen molar-refractivity contribution in [3.05, 3.63) is 42.2 Å². The summed E-state index contributed by atoms with van der Waals surface area (Å²) in [5.41, 5.74) is -1.09. The number of thiocarbonyl (C=S) groups is 1. The van der Waals surface area contributed by atoms with Crippen LogP contribution < -0.4 is 10.6 Å². The highest BCUT2D eigenvalue weighted by Crippen LogP contribution is 2.54. The van der Waals surface area contributed by atoms with Crippen LogP contribution in [0, 0.1) is 47.2 Å². The van der Waals surface area contributed by atoms with E-state index in [0.29, 0.717) is 68.6 Å². The average Bonchev–Trinajstić information content (AvgIpc) is 3.59. The number of benzene rings is 1. The Hall–Kier alpha value is -2.56. The van der Waals surface area contributed by atoms with Gasteiger partial charge in [-0.3, -0.25) is 9.59 Å². The van der Waals surface area contributed by atoms with Crippen LogP contribution in [0.25, 0.3) is 0 Å². The summed E-state index contributed by atoms with van der Waals surface area (Å²) in [5, 5.41) is 39.9. The summed E-state index contributed by atoms with van der Waals surface area (Å²) in [7, 11) is 0. The number of ether oxygens (including phenoxy) is 5. The van der Waals surface area contributed by atoms with Crippen LogP contribution in [0.4, 0.5) is 10.1 Å². The van der Waals surface area contributed by atoms with Crippen LogP contribution in [0.15, 0.2) is 36.4 Å². The fourth-order valence-corrected chi connectivity index (χ4v) is 11.8. The smallest absolute Gasteiger partial charge is 0.309 e. The average molecular weight is 903 g/mol. The van der Waals surface area contributed by atoms with Gasteiger partial charge in [0.25, 0.3) is 0 Å². The molecule has 354 valence electrons. The maximum Gasteiger partial charge on any atom is 0.309 e. The minimum atomic E-state index is -1.29. The zero-order chi connectivity index (χ0) is 46.2. The Labute approximate surface area is 379 Å². The van der Waals surface area contributed by atoms with Gasteiger partial charge in [-0.1, -0.05) is 61.5 Å². The van der Waals surface area contributed by atoms with E-state index in [1.807, 2.05) is 53.7 Å². The maximum absolute atomic E-state index is 14.7. The number of nitrogens with one attached hydrogen (secondary N) is 2. The Morgan fingerprint density at radius 3 is 2.22 bits per heavy atom. The zero-order valence-corrected chi connectivity index (χ0v) is 39.9. The third kappa shape index (κ3) is 10.1. The van der Waals surface area contributed by atoms with E-state index in [0.717, 1.165) is 6.42 Å². The van der Waals surface area contributed by atoms with E-state index in [2.05, 4.69) is 31.4 Å². The summed E-state index contributed by atoms with van der Waals surface area (Å²) in [6.45, 7) is 19.7. The monoisotopic (exact) mass is 903 g/mol. The second kappa shape index (κ2) is 19.7. The largest absolute Gasteiger partial charge is 0.481 e. The molecule has 0 aliphatic carbocycles. The molecule has 6 rings (SSSR count). The van der Waals surface area contributed by atoms with Crippen molar-refractivity contribution in [3.63, 3.8) is 0 Å². The summed E-state index contributed by atoms with van der Waals surface area (Å²) in [4.78, 5) is 26.7. The van der Waals surface area contributed by atoms with E-state index in [1.54, 1.807) is 19.1 Å². The Morgan fingerprint density at radius 1 is 0.921 bits per heavy atom. The quantitative estimate of drug-likeness (QED) is 0.0895. The molecule has 0 radical (unpaired) electrons. The lowest BCUT2D eigenvalue weighted by Crippen LogP contribution is -2.66. The highest BCUT2D eigenvalue weighted by Gasteiger charge is 2.63. The first-order valence-electron chi connectivity index (χ1n) is 23.7. The second-order valence-electron chi connectivity index (χ2n) is 20.1. The molecular weight excluding hydrogens is 828 g/mol. The summed E-state index contributed by atoms with van der Waals surface area (Å²) in [6.07, 6.45) is 6.65. The van der Waals surface area contributed by atoms with Crippen molar-refractivity contribution in [1.29, 1.82) is 0 Å². The van der Waals surface area contributed by atoms with Gasteiger partial charge in [0.05, 0.1) is 53.7 Å². The van der Waals surface area contributed by atoms with Crippen LogP contribution in [0.2, 0.25) is 0 Å². The molecule has 5 heterocycles. The zero-order valence-electron chi connectivity index (χ0n) is 39.1. The molecule has 1 aromatic rings. The third-order valence-electron chi connectivity index (χ3n) is 15.9. The molecule has 0 aromatic heterocycles. The molecule has 18 atom stereocenters. The lowest BCUT2D eigenvalue weighted by molar-refractivity contribution is -0.397. The van der Waals surface area contributed by atoms with Gasteiger partial charge in [0.2, 0.25) is 0 Å². The van der Waals surface area contributed by atoms with Crippen molar-refractivity contribution < 1.29 is 53.0 Å². The molecule has 0 amide bonds. The van der Waals surface area contributed by atoms with Gasteiger partial charge >= 0.3 is 5.97 Å². The van der Waals surface area contributed by atoms with Crippen LogP contribution in [-0.2, 0) is 33.3 Å². The van der Waals surface area contributed by atoms with Crippen LogP contribution in [0.1, 0.15) is 133 Å². The Balaban J connectivity index is 1.25. The van der Waals surface area contributed by atoms with Crippen molar-refractivity contribution >= 4 is 34.8 Å². The minimum absolute atomic E-state index is 0.0220. The van der Waals surface area contributed by atoms with Crippen molar-refractivity contribution in [2.75, 3.05) is 5.32 Å². The first kappa shape index (κ1) is 49.9. The van der Waals surface area contributed by atoms with Crippen molar-refractivity contribution in [2.45, 2.75) is 199 Å². The molecule has 0 unspecified atom stereocenters. The molecule has 5 aliphatic heterocycles. The molecule has 4 saturated heterocycles. The molecular formula is C49H75FN2O10S. The number of halogens is 1. The molecule has 0 bridgehead atoms. The van der Waals surface area contributed by atoms with Gasteiger partial charge in [0, 0.05) is 35.8 Å². The summed E-state index contributed by atoms with van der Waals surface area (Å²) >= 11 is 5.80. The Bertz CT molecular complexity index is 1800. The van der Waals surface area contributed by atoms with Crippen molar-refractivity contribution in [2.24, 2.45) is 41.4 Å². The molecule has 2 spiro atoms. The first-order chi connectivity index (χ1) is 29.6. The highest BCUT2D eigenvalue weighted by atomic mass is 32.1. The number of hydrogen-bond acceptors (Lipinski definition) is 10. The number of carbonyl (C=O) groups is 2. The number of Topliss-reactive ketones (excluding diaryl/α,β-unsaturated/α-hetero) is 1. The summed E-state index contributed by atoms with van der Waals surface area (Å²) < 4.78 is 48.5. The minimum Gasteiger partial charge on any atom is -0.481 e. The number of aliphatic hydroxyl groups excluding tert-OH is 1. The Kier molecular flexibility index (Phi) is 15.6. The van der Waals surface area contributed by atoms with Crippen LogP contribution in [0.3, 0.4) is 0 Å². The van der Waals surface area contributed by atoms with E-state index >= 15 is 0 Å². The lowest BCUT2D eigenvalue weighted by Gasteiger charge is -2.55. The molecule has 14 heteroatoms. The number of carboxylic acid groups (broad SMARTS) is 1. The van der Waals surface area contributed by atoms with E-state index in [-0.39, 0.29) is 35.5 Å². The molecule has 63 heavy (non-hydrogen) atoms. The predicted molar refractivity (Wildman–Crippen MR) is 242 cm³/mol. The highest BCUT2D eigenvalue weighted by molar-refractivity contribution is 7.80. The lowest BCUT2D eigenvalue weighted by atomic mass is 9.72. The normalized spacial score (nSPS) is 40.5. The molecule has 1 aromatic carbocycles. The van der Waals surface area contributed by atoms with Gasteiger partial charge in [0.15, 0.2) is 16.7 Å². The number of carboxylic acids is 1. The molecule has 12 nitrogen and oxygen atoms in total. The predicted octanol–water partition coefficient (Wildman–Crippen LogP) is 8.32. The number of carbonyl (C=O) groups excluding carboxylic acids is 1. The number of hydrogen-bond donors (Lipinski definition) is 5. The van der Waals surface area contributed by atoms with Crippen LogP contribution >= 0.6 is 12.2 Å². The number of aliphatic hydroxyl groups is 2. The standard InChI is InChI=1S/C49H75FN2O10S/c1-11-35(44(55)56)37-19-14-27(4)42(59-37)31(8)40(53)30(7)41(54)36(12-2)43-28(5)26-29(6)48(60-43)23-20-38(52-45(63)51-34-17-15-33(50)16-18-34)49(62-48)25-24-46(10,61-49)39-21-22-47(57,13-3)32(9)58-39/h15-18,20,23,27-32,35-40,42-43,53,57H,11-14,19,21-22,24-26H2,1-10H3,(H,55,56)(H2,51,52,63)/t27-,28-,29+,30-,31-,32-,35+,36-,37+,38+,39+,40+,42+,43-,46-,47+,48-,49-/m0/s1. The fourth-order valence-electron chi connectivity index (χ4n) is 11.5. The van der Waals surface area contributed by atoms with Crippen molar-refractivity contribution in [3.8, 4) is 0 Å². The topological polar surface area (TPSA) is 165 Å². The molecule has 4 fully saturated rings. The number of aliphatic carboxylic acids is 1. The number of ketones is 1. The van der Waals surface area contributed by atoms with Crippen LogP contribution in [-0.4, -0.2) is 97.6 Å². The molecule has 5 aliphatic rings. The third-order valence-corrected chi connectivity index (χ3v) is 16.1. The van der Waals surface area contributed by atoms with Crippen LogP contribution in [0.5, 0.6) is 0 Å². The van der Waals surface area contributed by atoms with Gasteiger partial charge in [-0.05, 0) is 126 Å². The summed E-state index contributed by atoms with van der Waals surface area (Å²) in [5.74, 6) is -6.32. The second-order valence-corrected chi connectivity index (χ2v) is 20.5. The molecule has 5 N–H and O–H groups in total. The van der Waals surface area contributed by atoms with Gasteiger partial charge in [-0.25, -0.2) is 4.39 Å². The van der Waals surface area contributed by atoms with Crippen molar-refractivity contribution in [1.82, 2.24) is 5.32 Å². The Morgan fingerprint density at radius 2 is 1.60 bits per heavy atom. The number of rotatable bonds is 14. The SMILES string of the molecule is CC[C@@H](C(=O)[C@@H](C)[C@@H](O)[C@H](C)[C@@H]1O[C@@H]([C@@H](CC)C(=O)O)CC[C@@H]1C)[C@H]1O[C@]2(C=C[C@@H](NC(=S)Nc3ccc(F)cc3)[C@]3(CC[C@@](C)([C@H]4CC[C@](O)(CC)[C@H](C)O4)O3)O2)[C@H](C)C[C@@H]1C. The fraction of sp³-hybridized carbons (Fsp3) is 0.776. The van der Waals surface area contributed by atoms with Gasteiger partial charge in [-0.15, -0.1) is 0 Å². The maximum atomic E-state index is 14.7. The number of anilines is 1. The van der Waals surface area contributed by atoms with E-state index in [1.165, 1.54) is 12.1 Å².